The maximum atomic E-state index is 5.97. The standard InChI is InChI=1S/C19H33N5O2.HI/c1-23-9-5-11-24(13-12-23)10-4-8-21-19(20)22-15-16-6-7-17(25-2)18(14-16)26-3;/h6-7,14H,4-5,8-13,15H2,1-3H3,(H3,20,21,22);1H. The topological polar surface area (TPSA) is 75.4 Å². The smallest absolute Gasteiger partial charge is 0.188 e. The zero-order valence-corrected chi connectivity index (χ0v) is 19.1. The number of hydrogen-bond acceptors (Lipinski definition) is 5. The van der Waals surface area contributed by atoms with Crippen LogP contribution in [0, 0.1) is 0 Å². The molecule has 1 fully saturated rings. The van der Waals surface area contributed by atoms with Crippen LogP contribution in [0.15, 0.2) is 23.2 Å². The zero-order valence-electron chi connectivity index (χ0n) is 16.7. The van der Waals surface area contributed by atoms with Crippen LogP contribution < -0.4 is 20.5 Å². The second-order valence-electron chi connectivity index (χ2n) is 6.67. The molecule has 0 atom stereocenters. The number of halogens is 1. The van der Waals surface area contributed by atoms with Gasteiger partial charge in [-0.25, -0.2) is 4.99 Å². The average Bonchev–Trinajstić information content (AvgIpc) is 2.87. The second kappa shape index (κ2) is 13.0. The van der Waals surface area contributed by atoms with Crippen molar-refractivity contribution in [3.8, 4) is 11.5 Å². The third kappa shape index (κ3) is 8.52. The molecule has 1 aromatic rings. The van der Waals surface area contributed by atoms with Crippen LogP contribution in [0.25, 0.3) is 0 Å². The van der Waals surface area contributed by atoms with Crippen molar-refractivity contribution in [3.63, 3.8) is 0 Å². The van der Waals surface area contributed by atoms with Crippen molar-refractivity contribution in [3.05, 3.63) is 23.8 Å². The van der Waals surface area contributed by atoms with Crippen LogP contribution in [0.1, 0.15) is 18.4 Å². The largest absolute Gasteiger partial charge is 0.493 e. The molecular formula is C19H34IN5O2. The lowest BCUT2D eigenvalue weighted by Crippen LogP contribution is -2.35. The minimum atomic E-state index is 0. The van der Waals surface area contributed by atoms with Crippen LogP contribution in [-0.2, 0) is 6.54 Å². The van der Waals surface area contributed by atoms with E-state index >= 15 is 0 Å². The van der Waals surface area contributed by atoms with Crippen molar-refractivity contribution >= 4 is 29.9 Å². The highest BCUT2D eigenvalue weighted by molar-refractivity contribution is 14.0. The fourth-order valence-electron chi connectivity index (χ4n) is 3.05. The third-order valence-corrected chi connectivity index (χ3v) is 4.65. The van der Waals surface area contributed by atoms with E-state index in [4.69, 9.17) is 15.2 Å². The number of likely N-dealkylation sites (N-methyl/N-ethyl adjacent to an activating group) is 1. The quantitative estimate of drug-likeness (QED) is 0.250. The lowest BCUT2D eigenvalue weighted by Gasteiger charge is -2.20. The van der Waals surface area contributed by atoms with E-state index in [1.54, 1.807) is 14.2 Å². The molecule has 0 radical (unpaired) electrons. The number of benzene rings is 1. The predicted octanol–water partition coefficient (Wildman–Crippen LogP) is 1.75. The highest BCUT2D eigenvalue weighted by Gasteiger charge is 2.11. The van der Waals surface area contributed by atoms with E-state index in [9.17, 15) is 0 Å². The first-order chi connectivity index (χ1) is 12.6. The molecule has 3 N–H and O–H groups in total. The highest BCUT2D eigenvalue weighted by atomic mass is 127. The lowest BCUT2D eigenvalue weighted by molar-refractivity contribution is 0.274. The van der Waals surface area contributed by atoms with Crippen LogP contribution >= 0.6 is 24.0 Å². The SMILES string of the molecule is COc1ccc(CN=C(N)NCCCN2CCCN(C)CC2)cc1OC.I. The molecule has 1 saturated heterocycles. The molecule has 0 amide bonds. The van der Waals surface area contributed by atoms with Crippen molar-refractivity contribution in [2.75, 3.05) is 60.5 Å². The maximum Gasteiger partial charge on any atom is 0.188 e. The molecule has 0 aromatic heterocycles. The van der Waals surface area contributed by atoms with Crippen LogP contribution in [0.2, 0.25) is 0 Å². The van der Waals surface area contributed by atoms with Gasteiger partial charge in [0.15, 0.2) is 17.5 Å². The minimum Gasteiger partial charge on any atom is -0.493 e. The van der Waals surface area contributed by atoms with Crippen molar-refractivity contribution in [1.82, 2.24) is 15.1 Å². The van der Waals surface area contributed by atoms with Gasteiger partial charge in [0.2, 0.25) is 0 Å². The number of rotatable bonds is 8. The number of nitrogens with two attached hydrogens (primary N) is 1. The number of guanidine groups is 1. The van der Waals surface area contributed by atoms with Crippen LogP contribution in [0.3, 0.4) is 0 Å². The predicted molar refractivity (Wildman–Crippen MR) is 121 cm³/mol. The summed E-state index contributed by atoms with van der Waals surface area (Å²) < 4.78 is 10.5. The van der Waals surface area contributed by atoms with Crippen LogP contribution in [-0.4, -0.2) is 76.3 Å². The first kappa shape index (κ1) is 23.8. The Morgan fingerprint density at radius 1 is 1.15 bits per heavy atom. The average molecular weight is 491 g/mol. The van der Waals surface area contributed by atoms with Gasteiger partial charge >= 0.3 is 0 Å². The molecule has 8 heteroatoms. The summed E-state index contributed by atoms with van der Waals surface area (Å²) in [6.45, 7) is 7.15. The van der Waals surface area contributed by atoms with E-state index in [1.807, 2.05) is 18.2 Å². The molecule has 7 nitrogen and oxygen atoms in total. The van der Waals surface area contributed by atoms with Gasteiger partial charge in [-0.1, -0.05) is 6.07 Å². The first-order valence-corrected chi connectivity index (χ1v) is 9.28. The van der Waals surface area contributed by atoms with E-state index in [-0.39, 0.29) is 24.0 Å². The molecule has 0 unspecified atom stereocenters. The van der Waals surface area contributed by atoms with Gasteiger partial charge in [-0.05, 0) is 57.2 Å². The van der Waals surface area contributed by atoms with E-state index in [2.05, 4.69) is 27.2 Å². The second-order valence-corrected chi connectivity index (χ2v) is 6.67. The number of ether oxygens (including phenoxy) is 2. The Balaban J connectivity index is 0.00000364. The van der Waals surface area contributed by atoms with E-state index < -0.39 is 0 Å². The van der Waals surface area contributed by atoms with Crippen molar-refractivity contribution in [2.45, 2.75) is 19.4 Å². The summed E-state index contributed by atoms with van der Waals surface area (Å²) in [5.41, 5.74) is 7.00. The zero-order chi connectivity index (χ0) is 18.8. The molecule has 27 heavy (non-hydrogen) atoms. The van der Waals surface area contributed by atoms with Crippen molar-refractivity contribution < 1.29 is 9.47 Å². The molecule has 2 rings (SSSR count). The monoisotopic (exact) mass is 491 g/mol. The van der Waals surface area contributed by atoms with Gasteiger partial charge < -0.3 is 30.3 Å². The number of methoxy groups -OCH3 is 2. The minimum absolute atomic E-state index is 0. The van der Waals surface area contributed by atoms with Gasteiger partial charge in [-0.3, -0.25) is 0 Å². The Morgan fingerprint density at radius 2 is 1.93 bits per heavy atom. The van der Waals surface area contributed by atoms with Crippen molar-refractivity contribution in [2.24, 2.45) is 10.7 Å². The fraction of sp³-hybridized carbons (Fsp3) is 0.632. The number of nitrogens with one attached hydrogen (secondary N) is 1. The molecular weight excluding hydrogens is 457 g/mol. The van der Waals surface area contributed by atoms with Crippen LogP contribution in [0.5, 0.6) is 11.5 Å². The van der Waals surface area contributed by atoms with Gasteiger partial charge in [0.05, 0.1) is 20.8 Å². The Kier molecular flexibility index (Phi) is 11.5. The van der Waals surface area contributed by atoms with E-state index in [0.29, 0.717) is 24.0 Å². The molecule has 0 saturated carbocycles. The van der Waals surface area contributed by atoms with E-state index in [1.165, 1.54) is 19.5 Å². The Labute approximate surface area is 180 Å². The molecule has 154 valence electrons. The number of nitrogens with zero attached hydrogens (tertiary/aromatic N) is 3. The summed E-state index contributed by atoms with van der Waals surface area (Å²) in [4.78, 5) is 9.33. The van der Waals surface area contributed by atoms with Gasteiger partial charge in [0.1, 0.15) is 0 Å². The number of aliphatic imine (C=N–C) groups is 1. The normalized spacial score (nSPS) is 16.3. The maximum absolute atomic E-state index is 5.97. The Morgan fingerprint density at radius 3 is 2.67 bits per heavy atom. The third-order valence-electron chi connectivity index (χ3n) is 4.65. The molecule has 1 heterocycles. The lowest BCUT2D eigenvalue weighted by atomic mass is 10.2. The van der Waals surface area contributed by atoms with Gasteiger partial charge in [0, 0.05) is 19.6 Å². The van der Waals surface area contributed by atoms with Gasteiger partial charge in [0.25, 0.3) is 0 Å². The molecule has 0 spiro atoms. The summed E-state index contributed by atoms with van der Waals surface area (Å²) in [7, 11) is 5.45. The Bertz CT molecular complexity index is 585. The van der Waals surface area contributed by atoms with Crippen LogP contribution in [0.4, 0.5) is 0 Å². The molecule has 0 bridgehead atoms. The van der Waals surface area contributed by atoms with Gasteiger partial charge in [-0.15, -0.1) is 24.0 Å². The van der Waals surface area contributed by atoms with Gasteiger partial charge in [-0.2, -0.15) is 0 Å². The summed E-state index contributed by atoms with van der Waals surface area (Å²) >= 11 is 0. The molecule has 1 aliphatic rings. The fourth-order valence-corrected chi connectivity index (χ4v) is 3.05. The summed E-state index contributed by atoms with van der Waals surface area (Å²) in [5, 5.41) is 3.20. The molecule has 0 aliphatic carbocycles. The molecule has 1 aromatic carbocycles. The number of hydrogen-bond donors (Lipinski definition) is 2. The first-order valence-electron chi connectivity index (χ1n) is 9.28. The summed E-state index contributed by atoms with van der Waals surface area (Å²) in [6.07, 6.45) is 2.31. The summed E-state index contributed by atoms with van der Waals surface area (Å²) in [5.74, 6) is 1.90. The highest BCUT2D eigenvalue weighted by Crippen LogP contribution is 2.27. The van der Waals surface area contributed by atoms with E-state index in [0.717, 1.165) is 38.2 Å². The summed E-state index contributed by atoms with van der Waals surface area (Å²) in [6, 6.07) is 5.77. The van der Waals surface area contributed by atoms with Crippen molar-refractivity contribution in [1.29, 1.82) is 0 Å². The molecule has 1 aliphatic heterocycles. The Hall–Kier alpha value is -1.26.